The lowest BCUT2D eigenvalue weighted by molar-refractivity contribution is -0.158. The quantitative estimate of drug-likeness (QED) is 0.120. The molecule has 0 aliphatic heterocycles. The number of carboxylic acid groups (broad SMARTS) is 1. The van der Waals surface area contributed by atoms with E-state index in [1.54, 1.807) is 0 Å². The minimum absolute atomic E-state index is 0.0128. The van der Waals surface area contributed by atoms with Crippen LogP contribution >= 0.6 is 0 Å². The number of unbranched alkanes of at least 4 members (excludes halogenated alkanes) is 13. The standard InChI is InChI=1S/C31H58O4/c1-4-5-6-7-8-11-14-17-23-29(24-18-15-12-9-10-13-16-20-26(2)3)35-31(34)28-22-19-21-27(25-28)30(32)33/h26-29H,4-25H2,1-3H3,(H,32,33). The van der Waals surface area contributed by atoms with E-state index >= 15 is 0 Å². The molecule has 4 nitrogen and oxygen atoms in total. The van der Waals surface area contributed by atoms with E-state index in [2.05, 4.69) is 20.8 Å². The third-order valence-corrected chi connectivity index (χ3v) is 7.83. The smallest absolute Gasteiger partial charge is 0.309 e. The van der Waals surface area contributed by atoms with Gasteiger partial charge in [-0.15, -0.1) is 0 Å². The summed E-state index contributed by atoms with van der Waals surface area (Å²) in [5, 5.41) is 9.36. The topological polar surface area (TPSA) is 63.6 Å². The maximum atomic E-state index is 12.9. The molecule has 0 aromatic carbocycles. The van der Waals surface area contributed by atoms with E-state index < -0.39 is 5.97 Å². The van der Waals surface area contributed by atoms with Crippen LogP contribution in [0.25, 0.3) is 0 Å². The maximum Gasteiger partial charge on any atom is 0.309 e. The number of carbonyl (C=O) groups excluding carboxylic acids is 1. The molecule has 1 saturated carbocycles. The Labute approximate surface area is 217 Å². The van der Waals surface area contributed by atoms with Crippen LogP contribution in [0.15, 0.2) is 0 Å². The molecule has 0 saturated heterocycles. The summed E-state index contributed by atoms with van der Waals surface area (Å²) in [4.78, 5) is 24.3. The van der Waals surface area contributed by atoms with Gasteiger partial charge in [-0.1, -0.05) is 117 Å². The summed E-state index contributed by atoms with van der Waals surface area (Å²) in [6, 6.07) is 0. The van der Waals surface area contributed by atoms with Crippen molar-refractivity contribution in [3.05, 3.63) is 0 Å². The van der Waals surface area contributed by atoms with Crippen LogP contribution in [0, 0.1) is 17.8 Å². The van der Waals surface area contributed by atoms with Gasteiger partial charge in [0.2, 0.25) is 0 Å². The molecule has 35 heavy (non-hydrogen) atoms. The van der Waals surface area contributed by atoms with Gasteiger partial charge in [-0.25, -0.2) is 0 Å². The lowest BCUT2D eigenvalue weighted by atomic mass is 9.81. The average molecular weight is 495 g/mol. The van der Waals surface area contributed by atoms with Crippen molar-refractivity contribution in [2.75, 3.05) is 0 Å². The second-order valence-electron chi connectivity index (χ2n) is 11.7. The van der Waals surface area contributed by atoms with E-state index in [-0.39, 0.29) is 23.9 Å². The highest BCUT2D eigenvalue weighted by atomic mass is 16.5. The Hall–Kier alpha value is -1.06. The highest BCUT2D eigenvalue weighted by molar-refractivity contribution is 5.75. The molecule has 206 valence electrons. The number of esters is 1. The molecule has 0 bridgehead atoms. The summed E-state index contributed by atoms with van der Waals surface area (Å²) in [6.07, 6.45) is 25.3. The molecule has 3 atom stereocenters. The van der Waals surface area contributed by atoms with Crippen LogP contribution in [-0.2, 0) is 14.3 Å². The molecule has 1 aliphatic rings. The molecule has 0 amide bonds. The van der Waals surface area contributed by atoms with Gasteiger partial charge < -0.3 is 9.84 Å². The molecule has 1 rings (SSSR count). The van der Waals surface area contributed by atoms with E-state index in [0.29, 0.717) is 12.8 Å². The van der Waals surface area contributed by atoms with Gasteiger partial charge in [0, 0.05) is 0 Å². The monoisotopic (exact) mass is 494 g/mol. The SMILES string of the molecule is CCCCCCCCCCC(CCCCCCCCCC(C)C)OC(=O)C1CCCC(C(=O)O)C1. The first-order chi connectivity index (χ1) is 16.9. The molecule has 1 aliphatic carbocycles. The van der Waals surface area contributed by atoms with Crippen molar-refractivity contribution in [1.29, 1.82) is 0 Å². The Morgan fingerprint density at radius 2 is 1.17 bits per heavy atom. The lowest BCUT2D eigenvalue weighted by Crippen LogP contribution is -2.31. The number of hydrogen-bond donors (Lipinski definition) is 1. The molecule has 1 fully saturated rings. The summed E-state index contributed by atoms with van der Waals surface area (Å²) < 4.78 is 6.03. The van der Waals surface area contributed by atoms with Crippen molar-refractivity contribution in [2.24, 2.45) is 17.8 Å². The third-order valence-electron chi connectivity index (χ3n) is 7.83. The fourth-order valence-corrected chi connectivity index (χ4v) is 5.47. The Bertz CT molecular complexity index is 530. The second kappa shape index (κ2) is 21.1. The minimum Gasteiger partial charge on any atom is -0.481 e. The molecule has 0 radical (unpaired) electrons. The maximum absolute atomic E-state index is 12.9. The summed E-state index contributed by atoms with van der Waals surface area (Å²) >= 11 is 0. The van der Waals surface area contributed by atoms with Crippen LogP contribution in [0.2, 0.25) is 0 Å². The number of ether oxygens (including phenoxy) is 1. The van der Waals surface area contributed by atoms with Gasteiger partial charge in [-0.05, 0) is 50.9 Å². The number of carboxylic acids is 1. The Balaban J connectivity index is 2.34. The molecule has 0 heterocycles. The fourth-order valence-electron chi connectivity index (χ4n) is 5.47. The highest BCUT2D eigenvalue weighted by Gasteiger charge is 2.32. The van der Waals surface area contributed by atoms with Crippen LogP contribution in [-0.4, -0.2) is 23.1 Å². The number of aliphatic carboxylic acids is 1. The zero-order chi connectivity index (χ0) is 25.7. The Kier molecular flexibility index (Phi) is 19.2. The normalized spacial score (nSPS) is 19.1. The molecular formula is C31H58O4. The molecule has 3 unspecified atom stereocenters. The van der Waals surface area contributed by atoms with Gasteiger partial charge in [0.15, 0.2) is 0 Å². The van der Waals surface area contributed by atoms with Crippen molar-refractivity contribution in [2.45, 2.75) is 168 Å². The van der Waals surface area contributed by atoms with Crippen LogP contribution in [0.4, 0.5) is 0 Å². The van der Waals surface area contributed by atoms with E-state index in [9.17, 15) is 14.7 Å². The molecule has 1 N–H and O–H groups in total. The largest absolute Gasteiger partial charge is 0.481 e. The van der Waals surface area contributed by atoms with Gasteiger partial charge in [0.05, 0.1) is 11.8 Å². The van der Waals surface area contributed by atoms with Gasteiger partial charge >= 0.3 is 11.9 Å². The van der Waals surface area contributed by atoms with Gasteiger partial charge in [-0.3, -0.25) is 9.59 Å². The number of carbonyl (C=O) groups is 2. The van der Waals surface area contributed by atoms with E-state index in [0.717, 1.165) is 44.4 Å². The predicted molar refractivity (Wildman–Crippen MR) is 147 cm³/mol. The van der Waals surface area contributed by atoms with Crippen LogP contribution in [0.1, 0.15) is 162 Å². The van der Waals surface area contributed by atoms with Crippen molar-refractivity contribution in [3.8, 4) is 0 Å². The first-order valence-electron chi connectivity index (χ1n) is 15.4. The average Bonchev–Trinajstić information content (AvgIpc) is 2.84. The van der Waals surface area contributed by atoms with Crippen molar-refractivity contribution in [3.63, 3.8) is 0 Å². The summed E-state index contributed by atoms with van der Waals surface area (Å²) in [5.41, 5.74) is 0. The van der Waals surface area contributed by atoms with Crippen LogP contribution in [0.5, 0.6) is 0 Å². The molecule has 0 aromatic heterocycles. The number of hydrogen-bond acceptors (Lipinski definition) is 3. The second-order valence-corrected chi connectivity index (χ2v) is 11.7. The third kappa shape index (κ3) is 17.1. The molecular weight excluding hydrogens is 436 g/mol. The van der Waals surface area contributed by atoms with Gasteiger partial charge in [0.25, 0.3) is 0 Å². The van der Waals surface area contributed by atoms with E-state index in [4.69, 9.17) is 4.74 Å². The first kappa shape index (κ1) is 32.0. The van der Waals surface area contributed by atoms with Crippen LogP contribution < -0.4 is 0 Å². The van der Waals surface area contributed by atoms with Crippen molar-refractivity contribution >= 4 is 11.9 Å². The zero-order valence-electron chi connectivity index (χ0n) is 23.5. The number of rotatable bonds is 22. The van der Waals surface area contributed by atoms with E-state index in [1.807, 2.05) is 0 Å². The Morgan fingerprint density at radius 3 is 1.66 bits per heavy atom. The van der Waals surface area contributed by atoms with Crippen molar-refractivity contribution in [1.82, 2.24) is 0 Å². The predicted octanol–water partition coefficient (Wildman–Crippen LogP) is 9.49. The zero-order valence-corrected chi connectivity index (χ0v) is 23.5. The van der Waals surface area contributed by atoms with Crippen molar-refractivity contribution < 1.29 is 19.4 Å². The summed E-state index contributed by atoms with van der Waals surface area (Å²) in [7, 11) is 0. The summed E-state index contributed by atoms with van der Waals surface area (Å²) in [6.45, 7) is 6.86. The Morgan fingerprint density at radius 1 is 0.714 bits per heavy atom. The molecule has 0 spiro atoms. The molecule has 0 aromatic rings. The van der Waals surface area contributed by atoms with Gasteiger partial charge in [-0.2, -0.15) is 0 Å². The summed E-state index contributed by atoms with van der Waals surface area (Å²) in [5.74, 6) is -0.683. The minimum atomic E-state index is -0.762. The lowest BCUT2D eigenvalue weighted by Gasteiger charge is -2.27. The van der Waals surface area contributed by atoms with Gasteiger partial charge in [0.1, 0.15) is 6.10 Å². The van der Waals surface area contributed by atoms with Crippen LogP contribution in [0.3, 0.4) is 0 Å². The fraction of sp³-hybridized carbons (Fsp3) is 0.935. The van der Waals surface area contributed by atoms with E-state index in [1.165, 1.54) is 89.9 Å². The highest BCUT2D eigenvalue weighted by Crippen LogP contribution is 2.31. The molecule has 4 heteroatoms. The first-order valence-corrected chi connectivity index (χ1v) is 15.4.